The Kier molecular flexibility index (Phi) is 2.68. The van der Waals surface area contributed by atoms with E-state index in [2.05, 4.69) is 15.2 Å². The van der Waals surface area contributed by atoms with Crippen LogP contribution >= 0.6 is 11.3 Å². The van der Waals surface area contributed by atoms with E-state index in [4.69, 9.17) is 5.73 Å². The largest absolute Gasteiger partial charge is 0.364 e. The molecule has 0 atom stereocenters. The summed E-state index contributed by atoms with van der Waals surface area (Å²) in [6, 6.07) is 1.74. The average Bonchev–Trinajstić information content (AvgIpc) is 2.71. The van der Waals surface area contributed by atoms with Crippen LogP contribution in [-0.4, -0.2) is 21.1 Å². The fraction of sp³-hybridized carbons (Fsp3) is 0.111. The molecule has 0 aliphatic carbocycles. The fourth-order valence-corrected chi connectivity index (χ4v) is 1.84. The molecule has 2 aromatic rings. The molecular formula is C9H8N4OS. The zero-order chi connectivity index (χ0) is 10.7. The van der Waals surface area contributed by atoms with Crippen molar-refractivity contribution in [2.75, 3.05) is 0 Å². The molecule has 0 aliphatic rings. The summed E-state index contributed by atoms with van der Waals surface area (Å²) in [7, 11) is 0. The van der Waals surface area contributed by atoms with Gasteiger partial charge in [-0.3, -0.25) is 9.78 Å². The number of rotatable bonds is 3. The van der Waals surface area contributed by atoms with Gasteiger partial charge in [0.1, 0.15) is 0 Å². The first kappa shape index (κ1) is 9.72. The van der Waals surface area contributed by atoms with Gasteiger partial charge in [-0.15, -0.1) is 16.4 Å². The first-order chi connectivity index (χ1) is 7.27. The van der Waals surface area contributed by atoms with E-state index in [0.29, 0.717) is 6.42 Å². The molecule has 0 unspecified atom stereocenters. The van der Waals surface area contributed by atoms with Gasteiger partial charge in [0.2, 0.25) is 0 Å². The number of amides is 1. The number of thiazole rings is 1. The van der Waals surface area contributed by atoms with E-state index in [0.717, 1.165) is 10.4 Å². The Morgan fingerprint density at radius 3 is 3.07 bits per heavy atom. The van der Waals surface area contributed by atoms with Crippen LogP contribution < -0.4 is 5.73 Å². The third-order valence-electron chi connectivity index (χ3n) is 1.89. The molecular weight excluding hydrogens is 212 g/mol. The molecule has 0 saturated carbocycles. The fourth-order valence-electron chi connectivity index (χ4n) is 1.22. The highest BCUT2D eigenvalue weighted by atomic mass is 32.1. The van der Waals surface area contributed by atoms with Crippen molar-refractivity contribution >= 4 is 17.2 Å². The van der Waals surface area contributed by atoms with Crippen molar-refractivity contribution in [1.82, 2.24) is 15.2 Å². The minimum atomic E-state index is -0.553. The van der Waals surface area contributed by atoms with E-state index < -0.39 is 5.91 Å². The molecule has 76 valence electrons. The molecule has 0 aliphatic heterocycles. The molecule has 0 bridgehead atoms. The summed E-state index contributed by atoms with van der Waals surface area (Å²) >= 11 is 1.53. The quantitative estimate of drug-likeness (QED) is 0.822. The maximum Gasteiger partial charge on any atom is 0.269 e. The molecule has 0 radical (unpaired) electrons. The van der Waals surface area contributed by atoms with E-state index >= 15 is 0 Å². The van der Waals surface area contributed by atoms with E-state index in [1.54, 1.807) is 24.0 Å². The minimum Gasteiger partial charge on any atom is -0.364 e. The van der Waals surface area contributed by atoms with Crippen molar-refractivity contribution in [2.45, 2.75) is 6.42 Å². The van der Waals surface area contributed by atoms with Gasteiger partial charge >= 0.3 is 0 Å². The zero-order valence-corrected chi connectivity index (χ0v) is 8.57. The lowest BCUT2D eigenvalue weighted by Crippen LogP contribution is -2.16. The second kappa shape index (κ2) is 4.14. The van der Waals surface area contributed by atoms with Crippen LogP contribution in [0.15, 0.2) is 24.0 Å². The normalized spacial score (nSPS) is 10.1. The summed E-state index contributed by atoms with van der Waals surface area (Å²) in [4.78, 5) is 16.1. The van der Waals surface area contributed by atoms with Crippen LogP contribution in [-0.2, 0) is 6.42 Å². The number of aromatic nitrogens is 3. The van der Waals surface area contributed by atoms with Crippen LogP contribution in [0, 0.1) is 0 Å². The molecule has 5 nitrogen and oxygen atoms in total. The van der Waals surface area contributed by atoms with Crippen LogP contribution in [0.3, 0.4) is 0 Å². The zero-order valence-electron chi connectivity index (χ0n) is 7.75. The maximum absolute atomic E-state index is 11.1. The maximum atomic E-state index is 11.1. The summed E-state index contributed by atoms with van der Waals surface area (Å²) in [5.74, 6) is -0.553. The van der Waals surface area contributed by atoms with Crippen molar-refractivity contribution < 1.29 is 4.79 Å². The number of hydrogen-bond acceptors (Lipinski definition) is 5. The third-order valence-corrected chi connectivity index (χ3v) is 2.67. The Morgan fingerprint density at radius 1 is 1.53 bits per heavy atom. The number of primary amides is 1. The SMILES string of the molecule is NC(=O)c1nnccc1Cc1cncs1. The van der Waals surface area contributed by atoms with Gasteiger partial charge in [0, 0.05) is 23.7 Å². The second-order valence-corrected chi connectivity index (χ2v) is 3.88. The molecule has 2 aromatic heterocycles. The molecule has 0 fully saturated rings. The first-order valence-electron chi connectivity index (χ1n) is 4.25. The molecule has 2 heterocycles. The van der Waals surface area contributed by atoms with Gasteiger partial charge in [-0.25, -0.2) is 0 Å². The minimum absolute atomic E-state index is 0.228. The van der Waals surface area contributed by atoms with Gasteiger partial charge < -0.3 is 5.73 Å². The number of nitrogens with two attached hydrogens (primary N) is 1. The van der Waals surface area contributed by atoms with Gasteiger partial charge in [0.25, 0.3) is 5.91 Å². The van der Waals surface area contributed by atoms with Gasteiger partial charge in [0.15, 0.2) is 5.69 Å². The summed E-state index contributed by atoms with van der Waals surface area (Å²) in [5, 5.41) is 7.35. The highest BCUT2D eigenvalue weighted by molar-refractivity contribution is 7.09. The van der Waals surface area contributed by atoms with Gasteiger partial charge in [0.05, 0.1) is 5.51 Å². The lowest BCUT2D eigenvalue weighted by molar-refractivity contribution is 0.0993. The van der Waals surface area contributed by atoms with Crippen molar-refractivity contribution in [3.63, 3.8) is 0 Å². The monoisotopic (exact) mass is 220 g/mol. The molecule has 0 aromatic carbocycles. The molecule has 0 spiro atoms. The summed E-state index contributed by atoms with van der Waals surface area (Å²) < 4.78 is 0. The number of hydrogen-bond donors (Lipinski definition) is 1. The number of carbonyl (C=O) groups excluding carboxylic acids is 1. The third kappa shape index (κ3) is 2.16. The number of nitrogens with zero attached hydrogens (tertiary/aromatic N) is 3. The van der Waals surface area contributed by atoms with Crippen molar-refractivity contribution in [3.8, 4) is 0 Å². The highest BCUT2D eigenvalue weighted by Crippen LogP contribution is 2.14. The predicted molar refractivity (Wildman–Crippen MR) is 55.5 cm³/mol. The van der Waals surface area contributed by atoms with Gasteiger partial charge in [-0.2, -0.15) is 5.10 Å². The smallest absolute Gasteiger partial charge is 0.269 e. The molecule has 1 amide bonds. The highest BCUT2D eigenvalue weighted by Gasteiger charge is 2.10. The van der Waals surface area contributed by atoms with Gasteiger partial charge in [-0.05, 0) is 11.6 Å². The van der Waals surface area contributed by atoms with E-state index in [-0.39, 0.29) is 5.69 Å². The van der Waals surface area contributed by atoms with Crippen LogP contribution in [0.2, 0.25) is 0 Å². The standard InChI is InChI=1S/C9H8N4OS/c10-9(14)8-6(1-2-12-13-8)3-7-4-11-5-15-7/h1-2,4-5H,3H2,(H2,10,14). The van der Waals surface area contributed by atoms with Crippen LogP contribution in [0.1, 0.15) is 20.9 Å². The van der Waals surface area contributed by atoms with Crippen LogP contribution in [0.5, 0.6) is 0 Å². The topological polar surface area (TPSA) is 81.8 Å². The van der Waals surface area contributed by atoms with Crippen LogP contribution in [0.25, 0.3) is 0 Å². The molecule has 2 rings (SSSR count). The van der Waals surface area contributed by atoms with E-state index in [1.165, 1.54) is 11.3 Å². The van der Waals surface area contributed by atoms with Crippen molar-refractivity contribution in [1.29, 1.82) is 0 Å². The Labute approximate surface area is 90.0 Å². The summed E-state index contributed by atoms with van der Waals surface area (Å²) in [6.45, 7) is 0. The molecule has 6 heteroatoms. The number of carbonyl (C=O) groups is 1. The summed E-state index contributed by atoms with van der Waals surface area (Å²) in [5.41, 5.74) is 7.94. The van der Waals surface area contributed by atoms with Gasteiger partial charge in [-0.1, -0.05) is 0 Å². The van der Waals surface area contributed by atoms with E-state index in [9.17, 15) is 4.79 Å². The Morgan fingerprint density at radius 2 is 2.40 bits per heavy atom. The summed E-state index contributed by atoms with van der Waals surface area (Å²) in [6.07, 6.45) is 3.91. The molecule has 15 heavy (non-hydrogen) atoms. The Bertz CT molecular complexity index is 469. The second-order valence-electron chi connectivity index (χ2n) is 2.91. The predicted octanol–water partition coefficient (Wildman–Crippen LogP) is 0.623. The van der Waals surface area contributed by atoms with Crippen molar-refractivity contribution in [3.05, 3.63) is 40.1 Å². The molecule has 0 saturated heterocycles. The lowest BCUT2D eigenvalue weighted by atomic mass is 10.1. The lowest BCUT2D eigenvalue weighted by Gasteiger charge is -2.01. The molecule has 2 N–H and O–H groups in total. The van der Waals surface area contributed by atoms with E-state index in [1.807, 2.05) is 0 Å². The first-order valence-corrected chi connectivity index (χ1v) is 5.13. The Balaban J connectivity index is 2.32. The van der Waals surface area contributed by atoms with Crippen molar-refractivity contribution in [2.24, 2.45) is 5.73 Å². The Hall–Kier alpha value is -1.82. The van der Waals surface area contributed by atoms with Crippen LogP contribution in [0.4, 0.5) is 0 Å². The average molecular weight is 220 g/mol.